The van der Waals surface area contributed by atoms with E-state index in [-0.39, 0.29) is 30.1 Å². The number of unbranched alkanes of at least 4 members (excludes halogenated alkanes) is 2. The fourth-order valence-electron chi connectivity index (χ4n) is 5.48. The lowest BCUT2D eigenvalue weighted by Gasteiger charge is -2.32. The molecular weight excluding hydrogens is 392 g/mol. The maximum atomic E-state index is 13.3. The van der Waals surface area contributed by atoms with Crippen LogP contribution in [0.5, 0.6) is 0 Å². The molecule has 1 aliphatic heterocycles. The van der Waals surface area contributed by atoms with E-state index >= 15 is 0 Å². The number of fused-ring (bicyclic) bond motifs is 5. The van der Waals surface area contributed by atoms with Crippen LogP contribution in [0.2, 0.25) is 0 Å². The summed E-state index contributed by atoms with van der Waals surface area (Å²) in [6.45, 7) is 11.4. The molecule has 1 heterocycles. The van der Waals surface area contributed by atoms with Gasteiger partial charge in [-0.15, -0.1) is 0 Å². The van der Waals surface area contributed by atoms with E-state index in [9.17, 15) is 9.59 Å². The molecule has 5 nitrogen and oxygen atoms in total. The van der Waals surface area contributed by atoms with Gasteiger partial charge in [0.05, 0.1) is 24.9 Å². The summed E-state index contributed by atoms with van der Waals surface area (Å²) in [4.78, 5) is 26.6. The fourth-order valence-corrected chi connectivity index (χ4v) is 5.48. The fraction of sp³-hybridized carbons (Fsp3) is 0.846. The third-order valence-electron chi connectivity index (χ3n) is 7.90. The molecule has 2 fully saturated rings. The number of rotatable bonds is 14. The van der Waals surface area contributed by atoms with Gasteiger partial charge >= 0.3 is 11.9 Å². The summed E-state index contributed by atoms with van der Waals surface area (Å²) in [5, 5.41) is 0. The summed E-state index contributed by atoms with van der Waals surface area (Å²) >= 11 is 0. The molecule has 6 unspecified atom stereocenters. The summed E-state index contributed by atoms with van der Waals surface area (Å²) in [5.74, 6) is 0.142. The van der Waals surface area contributed by atoms with Gasteiger partial charge in [0.2, 0.25) is 0 Å². The van der Waals surface area contributed by atoms with Gasteiger partial charge in [-0.25, -0.2) is 4.79 Å². The van der Waals surface area contributed by atoms with Crippen LogP contribution in [0.1, 0.15) is 92.4 Å². The second kappa shape index (κ2) is 10.5. The topological polar surface area (TPSA) is 65.1 Å². The van der Waals surface area contributed by atoms with Crippen molar-refractivity contribution in [2.45, 2.75) is 105 Å². The third-order valence-corrected chi connectivity index (χ3v) is 7.90. The minimum atomic E-state index is -0.946. The quantitative estimate of drug-likeness (QED) is 0.263. The van der Waals surface area contributed by atoms with Gasteiger partial charge in [0.25, 0.3) is 0 Å². The minimum Gasteiger partial charge on any atom is -0.465 e. The van der Waals surface area contributed by atoms with Crippen LogP contribution in [0.3, 0.4) is 0 Å². The van der Waals surface area contributed by atoms with Crippen molar-refractivity contribution in [3.8, 4) is 0 Å². The number of hydrogen-bond acceptors (Lipinski definition) is 5. The Morgan fingerprint density at radius 2 is 1.58 bits per heavy atom. The van der Waals surface area contributed by atoms with Crippen molar-refractivity contribution in [3.63, 3.8) is 0 Å². The van der Waals surface area contributed by atoms with Crippen LogP contribution >= 0.6 is 0 Å². The normalized spacial score (nSPS) is 30.2. The predicted molar refractivity (Wildman–Crippen MR) is 120 cm³/mol. The highest BCUT2D eigenvalue weighted by Gasteiger charge is 2.70. The molecule has 5 heteroatoms. The molecule has 31 heavy (non-hydrogen) atoms. The van der Waals surface area contributed by atoms with Crippen LogP contribution in [0, 0.1) is 23.2 Å². The first-order valence-corrected chi connectivity index (χ1v) is 12.6. The smallest absolute Gasteiger partial charge is 0.335 e. The van der Waals surface area contributed by atoms with Crippen LogP contribution in [-0.4, -0.2) is 37.4 Å². The van der Waals surface area contributed by atoms with Crippen molar-refractivity contribution in [2.75, 3.05) is 13.2 Å². The molecule has 0 amide bonds. The van der Waals surface area contributed by atoms with Gasteiger partial charge in [-0.3, -0.25) is 4.79 Å². The highest BCUT2D eigenvalue weighted by Crippen LogP contribution is 2.64. The zero-order valence-electron chi connectivity index (χ0n) is 20.2. The van der Waals surface area contributed by atoms with Crippen molar-refractivity contribution in [3.05, 3.63) is 11.1 Å². The lowest BCUT2D eigenvalue weighted by Crippen LogP contribution is -2.43. The van der Waals surface area contributed by atoms with Crippen molar-refractivity contribution in [2.24, 2.45) is 23.2 Å². The Labute approximate surface area is 188 Å². The van der Waals surface area contributed by atoms with E-state index in [0.717, 1.165) is 63.4 Å². The second-order valence-electron chi connectivity index (χ2n) is 9.96. The molecule has 2 bridgehead atoms. The van der Waals surface area contributed by atoms with Gasteiger partial charge in [-0.1, -0.05) is 66.2 Å². The highest BCUT2D eigenvalue weighted by atomic mass is 16.6. The van der Waals surface area contributed by atoms with Crippen LogP contribution in [0.25, 0.3) is 0 Å². The number of epoxide rings is 1. The zero-order chi connectivity index (χ0) is 22.6. The first-order valence-electron chi connectivity index (χ1n) is 12.6. The molecule has 0 aromatic carbocycles. The molecule has 2 aliphatic carbocycles. The first-order chi connectivity index (χ1) is 14.9. The lowest BCUT2D eigenvalue weighted by molar-refractivity contribution is -0.160. The molecule has 1 saturated carbocycles. The van der Waals surface area contributed by atoms with Crippen LogP contribution < -0.4 is 0 Å². The van der Waals surface area contributed by atoms with Gasteiger partial charge in [0.1, 0.15) is 11.5 Å². The van der Waals surface area contributed by atoms with Gasteiger partial charge in [-0.2, -0.15) is 0 Å². The van der Waals surface area contributed by atoms with E-state index in [0.29, 0.717) is 30.6 Å². The largest absolute Gasteiger partial charge is 0.465 e. The Balaban J connectivity index is 1.67. The van der Waals surface area contributed by atoms with E-state index in [4.69, 9.17) is 14.2 Å². The Bertz CT molecular complexity index is 683. The maximum absolute atomic E-state index is 13.3. The number of carbonyl (C=O) groups is 2. The average Bonchev–Trinajstić information content (AvgIpc) is 3.41. The molecule has 0 aromatic rings. The Morgan fingerprint density at radius 1 is 1.00 bits per heavy atom. The Morgan fingerprint density at radius 3 is 2.13 bits per heavy atom. The van der Waals surface area contributed by atoms with Crippen LogP contribution in [0.4, 0.5) is 0 Å². The van der Waals surface area contributed by atoms with Crippen molar-refractivity contribution in [1.29, 1.82) is 0 Å². The summed E-state index contributed by atoms with van der Waals surface area (Å²) in [5.41, 5.74) is 0.574. The molecular formula is C26H42O5. The maximum Gasteiger partial charge on any atom is 0.335 e. The van der Waals surface area contributed by atoms with E-state index in [1.54, 1.807) is 0 Å². The SMILES string of the molecule is CCCCC(CC)COC(=O)C1=C2CC(C3OC23)C1(C)C(=O)OCC(CC)CCCC. The molecule has 3 rings (SSSR count). The number of carbonyl (C=O) groups excluding carboxylic acids is 2. The monoisotopic (exact) mass is 434 g/mol. The van der Waals surface area contributed by atoms with Gasteiger partial charge in [0.15, 0.2) is 0 Å². The summed E-state index contributed by atoms with van der Waals surface area (Å²) < 4.78 is 17.4. The third kappa shape index (κ3) is 4.86. The lowest BCUT2D eigenvalue weighted by atomic mass is 9.72. The van der Waals surface area contributed by atoms with Crippen molar-refractivity contribution >= 4 is 11.9 Å². The van der Waals surface area contributed by atoms with E-state index < -0.39 is 5.41 Å². The molecule has 0 radical (unpaired) electrons. The molecule has 0 spiro atoms. The average molecular weight is 435 g/mol. The molecule has 176 valence electrons. The van der Waals surface area contributed by atoms with E-state index in [2.05, 4.69) is 27.7 Å². The summed E-state index contributed by atoms with van der Waals surface area (Å²) in [7, 11) is 0. The number of esters is 2. The molecule has 0 aromatic heterocycles. The first kappa shape index (κ1) is 24.3. The van der Waals surface area contributed by atoms with Crippen molar-refractivity contribution in [1.82, 2.24) is 0 Å². The van der Waals surface area contributed by atoms with Gasteiger partial charge in [0, 0.05) is 5.92 Å². The molecule has 0 N–H and O–H groups in total. The summed E-state index contributed by atoms with van der Waals surface area (Å²) in [6.07, 6.45) is 9.54. The molecule has 6 atom stereocenters. The molecule has 1 saturated heterocycles. The highest BCUT2D eigenvalue weighted by molar-refractivity contribution is 6.01. The van der Waals surface area contributed by atoms with Gasteiger partial charge < -0.3 is 14.2 Å². The zero-order valence-corrected chi connectivity index (χ0v) is 20.2. The van der Waals surface area contributed by atoms with Crippen LogP contribution in [-0.2, 0) is 23.8 Å². The predicted octanol–water partition coefficient (Wildman–Crippen LogP) is 5.61. The van der Waals surface area contributed by atoms with E-state index in [1.165, 1.54) is 0 Å². The van der Waals surface area contributed by atoms with Gasteiger partial charge in [-0.05, 0) is 43.6 Å². The van der Waals surface area contributed by atoms with E-state index in [1.807, 2.05) is 6.92 Å². The standard InChI is InChI=1S/C26H42O5/c1-6-10-12-17(8-3)15-29-24(27)21-19-14-20(23-22(19)31-23)26(21,5)25(28)30-16-18(9-4)13-11-7-2/h17-18,20,22-23H,6-16H2,1-5H3. The Hall–Kier alpha value is -1.36. The number of hydrogen-bond donors (Lipinski definition) is 0. The Kier molecular flexibility index (Phi) is 8.23. The molecule has 3 aliphatic rings. The van der Waals surface area contributed by atoms with Crippen LogP contribution in [0.15, 0.2) is 11.1 Å². The second-order valence-corrected chi connectivity index (χ2v) is 9.96. The summed E-state index contributed by atoms with van der Waals surface area (Å²) in [6, 6.07) is 0. The minimum absolute atomic E-state index is 0.000307. The van der Waals surface area contributed by atoms with Crippen molar-refractivity contribution < 1.29 is 23.8 Å². The number of ether oxygens (including phenoxy) is 3.